The van der Waals surface area contributed by atoms with Crippen molar-refractivity contribution in [3.63, 3.8) is 0 Å². The molecule has 6 heteroatoms. The van der Waals surface area contributed by atoms with Gasteiger partial charge in [-0.25, -0.2) is 4.79 Å². The molecule has 120 valence electrons. The third-order valence-electron chi connectivity index (χ3n) is 3.57. The van der Waals surface area contributed by atoms with Gasteiger partial charge in [-0.05, 0) is 38.5 Å². The number of nitrogens with zero attached hydrogens (tertiary/aromatic N) is 1. The van der Waals surface area contributed by atoms with E-state index in [0.717, 1.165) is 10.0 Å². The van der Waals surface area contributed by atoms with Gasteiger partial charge in [0.25, 0.3) is 0 Å². The first kappa shape index (κ1) is 16.8. The van der Waals surface area contributed by atoms with Gasteiger partial charge < -0.3 is 19.5 Å². The number of amides is 1. The second-order valence-electron chi connectivity index (χ2n) is 6.47. The van der Waals surface area contributed by atoms with Gasteiger partial charge in [-0.1, -0.05) is 28.1 Å². The lowest BCUT2D eigenvalue weighted by Gasteiger charge is -2.24. The van der Waals surface area contributed by atoms with Gasteiger partial charge >= 0.3 is 6.09 Å². The van der Waals surface area contributed by atoms with Gasteiger partial charge in [0, 0.05) is 35.4 Å². The zero-order valence-electron chi connectivity index (χ0n) is 12.8. The number of likely N-dealkylation sites (tertiary alicyclic amines) is 1. The first-order valence-electron chi connectivity index (χ1n) is 7.11. The van der Waals surface area contributed by atoms with Crippen LogP contribution in [0.25, 0.3) is 0 Å². The highest BCUT2D eigenvalue weighted by Gasteiger charge is 2.38. The maximum absolute atomic E-state index is 12.1. The van der Waals surface area contributed by atoms with Gasteiger partial charge in [0.15, 0.2) is 0 Å². The maximum atomic E-state index is 12.1. The highest BCUT2D eigenvalue weighted by molar-refractivity contribution is 9.10. The molecule has 1 amide bonds. The van der Waals surface area contributed by atoms with Gasteiger partial charge in [-0.15, -0.1) is 0 Å². The van der Waals surface area contributed by atoms with Crippen LogP contribution in [0.1, 0.15) is 32.3 Å². The Morgan fingerprint density at radius 2 is 1.82 bits per heavy atom. The predicted molar refractivity (Wildman–Crippen MR) is 83.2 cm³/mol. The molecule has 1 aromatic carbocycles. The van der Waals surface area contributed by atoms with Crippen molar-refractivity contribution < 1.29 is 19.4 Å². The average molecular weight is 369 g/mol. The van der Waals surface area contributed by atoms with E-state index in [9.17, 15) is 14.7 Å². The smallest absolute Gasteiger partial charge is 0.410 e. The first-order chi connectivity index (χ1) is 10.2. The molecule has 0 aliphatic carbocycles. The Balaban J connectivity index is 2.18. The molecule has 0 N–H and O–H groups in total. The molecule has 22 heavy (non-hydrogen) atoms. The van der Waals surface area contributed by atoms with Crippen LogP contribution in [-0.2, 0) is 9.53 Å². The largest absolute Gasteiger partial charge is 0.550 e. The summed E-state index contributed by atoms with van der Waals surface area (Å²) in [6, 6.07) is 7.45. The highest BCUT2D eigenvalue weighted by atomic mass is 79.9. The van der Waals surface area contributed by atoms with E-state index in [1.807, 2.05) is 24.3 Å². The van der Waals surface area contributed by atoms with Crippen molar-refractivity contribution in [3.05, 3.63) is 34.3 Å². The Morgan fingerprint density at radius 3 is 2.32 bits per heavy atom. The van der Waals surface area contributed by atoms with E-state index < -0.39 is 23.6 Å². The number of carbonyl (C=O) groups is 2. The molecule has 1 aliphatic rings. The molecule has 5 nitrogen and oxygen atoms in total. The highest BCUT2D eigenvalue weighted by Crippen LogP contribution is 2.33. The van der Waals surface area contributed by atoms with E-state index in [0.29, 0.717) is 6.54 Å². The Bertz CT molecular complexity index is 565. The molecule has 0 unspecified atom stereocenters. The molecule has 1 aliphatic heterocycles. The fraction of sp³-hybridized carbons (Fsp3) is 0.500. The van der Waals surface area contributed by atoms with Crippen LogP contribution in [0.4, 0.5) is 4.79 Å². The van der Waals surface area contributed by atoms with Gasteiger partial charge in [0.2, 0.25) is 0 Å². The molecule has 2 atom stereocenters. The number of benzene rings is 1. The summed E-state index contributed by atoms with van der Waals surface area (Å²) < 4.78 is 6.24. The van der Waals surface area contributed by atoms with Crippen molar-refractivity contribution >= 4 is 28.0 Å². The Hall–Kier alpha value is -1.56. The van der Waals surface area contributed by atoms with Crippen molar-refractivity contribution in [1.29, 1.82) is 0 Å². The molecule has 2 rings (SSSR count). The molecule has 0 aromatic heterocycles. The van der Waals surface area contributed by atoms with Crippen molar-refractivity contribution in [3.8, 4) is 0 Å². The molecule has 0 bridgehead atoms. The Labute approximate surface area is 138 Å². The number of ether oxygens (including phenoxy) is 1. The van der Waals surface area contributed by atoms with E-state index in [1.165, 1.54) is 4.90 Å². The molecule has 1 fully saturated rings. The number of hydrogen-bond donors (Lipinski definition) is 0. The van der Waals surface area contributed by atoms with E-state index in [2.05, 4.69) is 15.9 Å². The summed E-state index contributed by atoms with van der Waals surface area (Å²) in [6.07, 6.45) is -0.488. The fourth-order valence-electron chi connectivity index (χ4n) is 2.57. The summed E-state index contributed by atoms with van der Waals surface area (Å²) in [4.78, 5) is 25.0. The summed E-state index contributed by atoms with van der Waals surface area (Å²) in [5.41, 5.74) is 0.271. The molecule has 1 aromatic rings. The minimum atomic E-state index is -1.14. The monoisotopic (exact) mass is 368 g/mol. The third kappa shape index (κ3) is 4.00. The number of halogens is 1. The molecule has 0 radical (unpaired) electrons. The average Bonchev–Trinajstić information content (AvgIpc) is 2.83. The molecule has 1 saturated heterocycles. The number of rotatable bonds is 2. The van der Waals surface area contributed by atoms with Gasteiger partial charge in [-0.3, -0.25) is 0 Å². The second kappa shape index (κ2) is 6.28. The van der Waals surface area contributed by atoms with Crippen molar-refractivity contribution in [2.24, 2.45) is 5.92 Å². The maximum Gasteiger partial charge on any atom is 0.410 e. The number of carboxylic acid groups (broad SMARTS) is 1. The van der Waals surface area contributed by atoms with Crippen molar-refractivity contribution in [1.82, 2.24) is 4.90 Å². The Kier molecular flexibility index (Phi) is 4.80. The van der Waals surface area contributed by atoms with Crippen LogP contribution in [-0.4, -0.2) is 35.7 Å². The van der Waals surface area contributed by atoms with Gasteiger partial charge in [-0.2, -0.15) is 0 Å². The molecule has 1 heterocycles. The van der Waals surface area contributed by atoms with Crippen LogP contribution in [0.2, 0.25) is 0 Å². The summed E-state index contributed by atoms with van der Waals surface area (Å²) in [5.74, 6) is -2.15. The quantitative estimate of drug-likeness (QED) is 0.801. The standard InChI is InChI=1S/C16H20BrNO4/c1-16(2,3)22-15(21)18-8-12(13(9-18)14(19)20)10-4-6-11(17)7-5-10/h4-7,12-13H,8-9H2,1-3H3,(H,19,20)/p-1/t12-,13+/m0/s1. The summed E-state index contributed by atoms with van der Waals surface area (Å²) >= 11 is 3.35. The third-order valence-corrected chi connectivity index (χ3v) is 4.10. The topological polar surface area (TPSA) is 69.7 Å². The van der Waals surface area contributed by atoms with Crippen molar-refractivity contribution in [2.75, 3.05) is 13.1 Å². The summed E-state index contributed by atoms with van der Waals surface area (Å²) in [6.45, 7) is 5.77. The van der Waals surface area contributed by atoms with E-state index in [1.54, 1.807) is 20.8 Å². The van der Waals surface area contributed by atoms with Crippen LogP contribution in [0.3, 0.4) is 0 Å². The number of aliphatic carboxylic acids is 1. The SMILES string of the molecule is CC(C)(C)OC(=O)N1C[C@@H](C(=O)[O-])[C@H](c2ccc(Br)cc2)C1. The van der Waals surface area contributed by atoms with Crippen LogP contribution in [0, 0.1) is 5.92 Å². The van der Waals surface area contributed by atoms with Crippen LogP contribution < -0.4 is 5.11 Å². The minimum Gasteiger partial charge on any atom is -0.550 e. The zero-order valence-corrected chi connectivity index (χ0v) is 14.4. The lowest BCUT2D eigenvalue weighted by atomic mass is 9.89. The van der Waals surface area contributed by atoms with E-state index in [-0.39, 0.29) is 12.5 Å². The fourth-order valence-corrected chi connectivity index (χ4v) is 2.83. The van der Waals surface area contributed by atoms with E-state index >= 15 is 0 Å². The molecular formula is C16H19BrNO4-. The first-order valence-corrected chi connectivity index (χ1v) is 7.91. The number of carbonyl (C=O) groups excluding carboxylic acids is 2. The normalized spacial score (nSPS) is 21.7. The van der Waals surface area contributed by atoms with Crippen LogP contribution in [0.15, 0.2) is 28.7 Å². The van der Waals surface area contributed by atoms with Crippen LogP contribution in [0.5, 0.6) is 0 Å². The number of carboxylic acids is 1. The lowest BCUT2D eigenvalue weighted by molar-refractivity contribution is -0.311. The number of hydrogen-bond acceptors (Lipinski definition) is 4. The Morgan fingerprint density at radius 1 is 1.23 bits per heavy atom. The van der Waals surface area contributed by atoms with E-state index in [4.69, 9.17) is 4.74 Å². The lowest BCUT2D eigenvalue weighted by Crippen LogP contribution is -2.38. The minimum absolute atomic E-state index is 0.109. The molecule has 0 spiro atoms. The van der Waals surface area contributed by atoms with Crippen molar-refractivity contribution in [2.45, 2.75) is 32.3 Å². The summed E-state index contributed by atoms with van der Waals surface area (Å²) in [7, 11) is 0. The van der Waals surface area contributed by atoms with Gasteiger partial charge in [0.05, 0.1) is 0 Å². The van der Waals surface area contributed by atoms with Crippen LogP contribution >= 0.6 is 15.9 Å². The predicted octanol–water partition coefficient (Wildman–Crippen LogP) is 2.15. The summed E-state index contributed by atoms with van der Waals surface area (Å²) in [5, 5.41) is 11.4. The molecule has 0 saturated carbocycles. The van der Waals surface area contributed by atoms with Gasteiger partial charge in [0.1, 0.15) is 5.60 Å². The molecular weight excluding hydrogens is 350 g/mol. The second-order valence-corrected chi connectivity index (χ2v) is 7.38. The zero-order chi connectivity index (χ0) is 16.5.